The molecule has 0 aromatic carbocycles. The fourth-order valence-corrected chi connectivity index (χ4v) is 1.74. The molecule has 0 aliphatic rings. The zero-order chi connectivity index (χ0) is 17.4. The van der Waals surface area contributed by atoms with Gasteiger partial charge in [0.1, 0.15) is 0 Å². The Labute approximate surface area is 138 Å². The van der Waals surface area contributed by atoms with Crippen LogP contribution in [0.25, 0.3) is 6.08 Å². The van der Waals surface area contributed by atoms with Crippen LogP contribution in [0.2, 0.25) is 0 Å². The summed E-state index contributed by atoms with van der Waals surface area (Å²) in [5, 5.41) is 2.93. The van der Waals surface area contributed by atoms with Gasteiger partial charge in [-0.3, -0.25) is 4.98 Å². The third-order valence-electron chi connectivity index (χ3n) is 2.76. The van der Waals surface area contributed by atoms with Gasteiger partial charge in [-0.25, -0.2) is 19.6 Å². The second kappa shape index (κ2) is 8.37. The van der Waals surface area contributed by atoms with Crippen molar-refractivity contribution in [2.75, 3.05) is 19.0 Å². The molecule has 0 radical (unpaired) electrons. The van der Waals surface area contributed by atoms with Gasteiger partial charge in [0.15, 0.2) is 5.69 Å². The average molecular weight is 328 g/mol. The molecule has 8 heteroatoms. The summed E-state index contributed by atoms with van der Waals surface area (Å²) in [5.74, 6) is -0.749. The molecule has 2 heterocycles. The summed E-state index contributed by atoms with van der Waals surface area (Å²) in [4.78, 5) is 34.9. The molecule has 124 valence electrons. The van der Waals surface area contributed by atoms with Gasteiger partial charge in [-0.1, -0.05) is 0 Å². The van der Waals surface area contributed by atoms with E-state index in [0.29, 0.717) is 17.9 Å². The summed E-state index contributed by atoms with van der Waals surface area (Å²) >= 11 is 0. The number of aromatic nitrogens is 3. The van der Waals surface area contributed by atoms with Crippen LogP contribution in [0.15, 0.2) is 36.8 Å². The molecule has 2 aromatic heterocycles. The molecular formula is C16H16N4O4. The number of nitrogens with zero attached hydrogens (tertiary/aromatic N) is 3. The van der Waals surface area contributed by atoms with Crippen molar-refractivity contribution in [3.8, 4) is 0 Å². The number of rotatable bonds is 6. The van der Waals surface area contributed by atoms with E-state index in [1.54, 1.807) is 31.5 Å². The number of nitrogens with one attached hydrogen (secondary N) is 1. The summed E-state index contributed by atoms with van der Waals surface area (Å²) in [5.41, 5.74) is 1.43. The summed E-state index contributed by atoms with van der Waals surface area (Å²) in [6.45, 7) is 2.05. The molecule has 2 aromatic rings. The SMILES string of the molecule is CCOC(=O)/C=C/c1cncc(Nc2nccc(C(=O)OC)n2)c1. The molecule has 0 unspecified atom stereocenters. The predicted molar refractivity (Wildman–Crippen MR) is 86.6 cm³/mol. The highest BCUT2D eigenvalue weighted by Crippen LogP contribution is 2.14. The number of pyridine rings is 1. The normalized spacial score (nSPS) is 10.4. The lowest BCUT2D eigenvalue weighted by Gasteiger charge is -2.06. The minimum Gasteiger partial charge on any atom is -0.464 e. The molecule has 0 aliphatic carbocycles. The fraction of sp³-hybridized carbons (Fsp3) is 0.188. The predicted octanol–water partition coefficient (Wildman–Crippen LogP) is 1.98. The first kappa shape index (κ1) is 17.1. The van der Waals surface area contributed by atoms with Crippen LogP contribution in [0.3, 0.4) is 0 Å². The largest absolute Gasteiger partial charge is 0.464 e. The summed E-state index contributed by atoms with van der Waals surface area (Å²) in [6.07, 6.45) is 7.50. The number of anilines is 2. The summed E-state index contributed by atoms with van der Waals surface area (Å²) in [7, 11) is 1.28. The van der Waals surface area contributed by atoms with E-state index in [4.69, 9.17) is 4.74 Å². The van der Waals surface area contributed by atoms with E-state index < -0.39 is 11.9 Å². The number of hydrogen-bond donors (Lipinski definition) is 1. The second-order valence-electron chi connectivity index (χ2n) is 4.47. The van der Waals surface area contributed by atoms with Crippen LogP contribution in [0.5, 0.6) is 0 Å². The number of esters is 2. The van der Waals surface area contributed by atoms with Crippen molar-refractivity contribution >= 4 is 29.7 Å². The van der Waals surface area contributed by atoms with Gasteiger partial charge in [-0.05, 0) is 30.7 Å². The third kappa shape index (κ3) is 4.87. The Morgan fingerprint density at radius 2 is 2.17 bits per heavy atom. The van der Waals surface area contributed by atoms with E-state index in [-0.39, 0.29) is 11.6 Å². The topological polar surface area (TPSA) is 103 Å². The lowest BCUT2D eigenvalue weighted by Crippen LogP contribution is -2.07. The van der Waals surface area contributed by atoms with Crippen molar-refractivity contribution in [1.82, 2.24) is 15.0 Å². The van der Waals surface area contributed by atoms with E-state index >= 15 is 0 Å². The molecular weight excluding hydrogens is 312 g/mol. The first-order chi connectivity index (χ1) is 11.6. The highest BCUT2D eigenvalue weighted by atomic mass is 16.5. The molecule has 0 spiro atoms. The van der Waals surface area contributed by atoms with Crippen molar-refractivity contribution in [2.24, 2.45) is 0 Å². The Hall–Kier alpha value is -3.29. The maximum Gasteiger partial charge on any atom is 0.356 e. The fourth-order valence-electron chi connectivity index (χ4n) is 1.74. The Kier molecular flexibility index (Phi) is 5.95. The van der Waals surface area contributed by atoms with Gasteiger partial charge in [-0.2, -0.15) is 0 Å². The van der Waals surface area contributed by atoms with Crippen molar-refractivity contribution < 1.29 is 19.1 Å². The van der Waals surface area contributed by atoms with Crippen LogP contribution < -0.4 is 5.32 Å². The first-order valence-corrected chi connectivity index (χ1v) is 7.10. The Morgan fingerprint density at radius 1 is 1.33 bits per heavy atom. The van der Waals surface area contributed by atoms with Crippen molar-refractivity contribution in [2.45, 2.75) is 6.92 Å². The molecule has 0 atom stereocenters. The number of methoxy groups -OCH3 is 1. The maximum absolute atomic E-state index is 11.5. The molecule has 1 N–H and O–H groups in total. The summed E-state index contributed by atoms with van der Waals surface area (Å²) < 4.78 is 9.42. The molecule has 0 fully saturated rings. The van der Waals surface area contributed by atoms with E-state index in [1.165, 1.54) is 25.4 Å². The number of ether oxygens (including phenoxy) is 2. The van der Waals surface area contributed by atoms with Crippen LogP contribution in [0.4, 0.5) is 11.6 Å². The molecule has 0 saturated carbocycles. The molecule has 8 nitrogen and oxygen atoms in total. The lowest BCUT2D eigenvalue weighted by molar-refractivity contribution is -0.137. The minimum absolute atomic E-state index is 0.140. The van der Waals surface area contributed by atoms with E-state index in [9.17, 15) is 9.59 Å². The van der Waals surface area contributed by atoms with Crippen LogP contribution in [-0.4, -0.2) is 40.6 Å². The summed E-state index contributed by atoms with van der Waals surface area (Å²) in [6, 6.07) is 3.20. The van der Waals surface area contributed by atoms with E-state index in [1.807, 2.05) is 0 Å². The van der Waals surface area contributed by atoms with Gasteiger partial charge in [0.05, 0.1) is 25.6 Å². The van der Waals surface area contributed by atoms with Crippen LogP contribution in [-0.2, 0) is 14.3 Å². The first-order valence-electron chi connectivity index (χ1n) is 7.10. The van der Waals surface area contributed by atoms with E-state index in [0.717, 1.165) is 0 Å². The highest BCUT2D eigenvalue weighted by Gasteiger charge is 2.08. The van der Waals surface area contributed by atoms with Gasteiger partial charge < -0.3 is 14.8 Å². The highest BCUT2D eigenvalue weighted by molar-refractivity contribution is 5.88. The molecule has 0 saturated heterocycles. The van der Waals surface area contributed by atoms with Gasteiger partial charge >= 0.3 is 11.9 Å². The molecule has 24 heavy (non-hydrogen) atoms. The van der Waals surface area contributed by atoms with E-state index in [2.05, 4.69) is 25.0 Å². The Balaban J connectivity index is 2.12. The van der Waals surface area contributed by atoms with Crippen molar-refractivity contribution in [3.05, 3.63) is 48.1 Å². The minimum atomic E-state index is -0.551. The molecule has 2 rings (SSSR count). The molecule has 0 aliphatic heterocycles. The van der Waals surface area contributed by atoms with Gasteiger partial charge in [0.2, 0.25) is 5.95 Å². The van der Waals surface area contributed by atoms with Crippen LogP contribution >= 0.6 is 0 Å². The van der Waals surface area contributed by atoms with Gasteiger partial charge in [0, 0.05) is 18.5 Å². The molecule has 0 bridgehead atoms. The number of carbonyl (C=O) groups excluding carboxylic acids is 2. The number of hydrogen-bond acceptors (Lipinski definition) is 8. The smallest absolute Gasteiger partial charge is 0.356 e. The quantitative estimate of drug-likeness (QED) is 0.634. The third-order valence-corrected chi connectivity index (χ3v) is 2.76. The second-order valence-corrected chi connectivity index (χ2v) is 4.47. The zero-order valence-electron chi connectivity index (χ0n) is 13.2. The number of carbonyl (C=O) groups is 2. The van der Waals surface area contributed by atoms with Crippen LogP contribution in [0.1, 0.15) is 23.0 Å². The zero-order valence-corrected chi connectivity index (χ0v) is 13.2. The van der Waals surface area contributed by atoms with Gasteiger partial charge in [0.25, 0.3) is 0 Å². The van der Waals surface area contributed by atoms with Gasteiger partial charge in [-0.15, -0.1) is 0 Å². The van der Waals surface area contributed by atoms with Crippen molar-refractivity contribution in [3.63, 3.8) is 0 Å². The van der Waals surface area contributed by atoms with Crippen molar-refractivity contribution in [1.29, 1.82) is 0 Å². The average Bonchev–Trinajstić information content (AvgIpc) is 2.60. The Morgan fingerprint density at radius 3 is 2.92 bits per heavy atom. The lowest BCUT2D eigenvalue weighted by atomic mass is 10.2. The monoisotopic (exact) mass is 328 g/mol. The Bertz CT molecular complexity index is 761. The molecule has 0 amide bonds. The standard InChI is InChI=1S/C16H16N4O4/c1-3-24-14(21)5-4-11-8-12(10-17-9-11)19-16-18-7-6-13(20-16)15(22)23-2/h4-10H,3H2,1-2H3,(H,18,19,20)/b5-4+. The maximum atomic E-state index is 11.5. The van der Waals surface area contributed by atoms with Crippen LogP contribution in [0, 0.1) is 0 Å².